The number of nitro benzene ring substituents is 1. The highest BCUT2D eigenvalue weighted by Gasteiger charge is 2.12. The Kier molecular flexibility index (Phi) is 4.42. The highest BCUT2D eigenvalue weighted by molar-refractivity contribution is 5.34. The van der Waals surface area contributed by atoms with E-state index in [1.807, 2.05) is 6.07 Å². The summed E-state index contributed by atoms with van der Waals surface area (Å²) in [5.74, 6) is -0.295. The van der Waals surface area contributed by atoms with Crippen LogP contribution in [0.3, 0.4) is 0 Å². The molecule has 0 amide bonds. The van der Waals surface area contributed by atoms with E-state index in [4.69, 9.17) is 5.73 Å². The lowest BCUT2D eigenvalue weighted by molar-refractivity contribution is -0.384. The van der Waals surface area contributed by atoms with Crippen molar-refractivity contribution in [1.82, 2.24) is 0 Å². The zero-order valence-electron chi connectivity index (χ0n) is 10.8. The first-order chi connectivity index (χ1) is 9.60. The Hall–Kier alpha value is -2.27. The number of halogens is 1. The van der Waals surface area contributed by atoms with E-state index in [9.17, 15) is 14.5 Å². The van der Waals surface area contributed by atoms with Crippen LogP contribution in [-0.4, -0.2) is 11.5 Å². The zero-order valence-corrected chi connectivity index (χ0v) is 10.8. The average molecular weight is 274 g/mol. The van der Waals surface area contributed by atoms with Crippen molar-refractivity contribution in [3.8, 4) is 0 Å². The van der Waals surface area contributed by atoms with Gasteiger partial charge in [0.05, 0.1) is 4.92 Å². The van der Waals surface area contributed by atoms with Gasteiger partial charge in [0, 0.05) is 18.1 Å². The molecule has 0 saturated heterocycles. The van der Waals surface area contributed by atoms with Crippen LogP contribution in [0.5, 0.6) is 0 Å². The molecule has 0 aliphatic heterocycles. The summed E-state index contributed by atoms with van der Waals surface area (Å²) >= 11 is 0. The lowest BCUT2D eigenvalue weighted by atomic mass is 9.92. The summed E-state index contributed by atoms with van der Waals surface area (Å²) in [4.78, 5) is 10.2. The van der Waals surface area contributed by atoms with Crippen molar-refractivity contribution in [2.45, 2.75) is 12.3 Å². The van der Waals surface area contributed by atoms with Gasteiger partial charge in [-0.2, -0.15) is 0 Å². The van der Waals surface area contributed by atoms with Gasteiger partial charge in [0.15, 0.2) is 0 Å². The summed E-state index contributed by atoms with van der Waals surface area (Å²) < 4.78 is 13.2. The van der Waals surface area contributed by atoms with E-state index in [1.54, 1.807) is 18.2 Å². The highest BCUT2D eigenvalue weighted by Crippen LogP contribution is 2.22. The Morgan fingerprint density at radius 3 is 2.45 bits per heavy atom. The monoisotopic (exact) mass is 274 g/mol. The number of non-ortho nitro benzene ring substituents is 1. The van der Waals surface area contributed by atoms with Crippen molar-refractivity contribution in [3.05, 3.63) is 75.6 Å². The Labute approximate surface area is 116 Å². The van der Waals surface area contributed by atoms with E-state index >= 15 is 0 Å². The molecule has 20 heavy (non-hydrogen) atoms. The minimum absolute atomic E-state index is 0.00726. The van der Waals surface area contributed by atoms with Crippen LogP contribution < -0.4 is 5.73 Å². The van der Waals surface area contributed by atoms with Gasteiger partial charge in [-0.3, -0.25) is 10.1 Å². The van der Waals surface area contributed by atoms with Crippen molar-refractivity contribution in [2.75, 3.05) is 6.54 Å². The molecule has 104 valence electrons. The van der Waals surface area contributed by atoms with Crippen molar-refractivity contribution in [2.24, 2.45) is 5.73 Å². The molecule has 0 spiro atoms. The van der Waals surface area contributed by atoms with Gasteiger partial charge in [-0.1, -0.05) is 24.3 Å². The summed E-state index contributed by atoms with van der Waals surface area (Å²) in [5, 5.41) is 10.6. The van der Waals surface area contributed by atoms with E-state index in [1.165, 1.54) is 24.3 Å². The second kappa shape index (κ2) is 6.25. The lowest BCUT2D eigenvalue weighted by Gasteiger charge is -2.15. The van der Waals surface area contributed by atoms with E-state index in [2.05, 4.69) is 0 Å². The van der Waals surface area contributed by atoms with Crippen LogP contribution in [0.1, 0.15) is 17.0 Å². The van der Waals surface area contributed by atoms with Crippen LogP contribution in [0.15, 0.2) is 48.5 Å². The molecule has 2 rings (SSSR count). The van der Waals surface area contributed by atoms with E-state index in [0.29, 0.717) is 13.0 Å². The Bertz CT molecular complexity index is 599. The molecule has 0 saturated carbocycles. The Balaban J connectivity index is 2.16. The molecule has 0 radical (unpaired) electrons. The van der Waals surface area contributed by atoms with Crippen LogP contribution in [0, 0.1) is 15.9 Å². The highest BCUT2D eigenvalue weighted by atomic mass is 19.1. The molecule has 4 nitrogen and oxygen atoms in total. The molecular weight excluding hydrogens is 259 g/mol. The fourth-order valence-electron chi connectivity index (χ4n) is 2.14. The van der Waals surface area contributed by atoms with Gasteiger partial charge < -0.3 is 5.73 Å². The zero-order chi connectivity index (χ0) is 14.5. The summed E-state index contributed by atoms with van der Waals surface area (Å²) in [6.45, 7) is 0.389. The normalized spacial score (nSPS) is 12.1. The van der Waals surface area contributed by atoms with Crippen LogP contribution >= 0.6 is 0 Å². The summed E-state index contributed by atoms with van der Waals surface area (Å²) in [7, 11) is 0. The quantitative estimate of drug-likeness (QED) is 0.673. The molecule has 0 fully saturated rings. The molecule has 1 atom stereocenters. The molecule has 1 unspecified atom stereocenters. The number of rotatable bonds is 5. The van der Waals surface area contributed by atoms with Crippen LogP contribution in [0.2, 0.25) is 0 Å². The van der Waals surface area contributed by atoms with Gasteiger partial charge in [0.2, 0.25) is 0 Å². The van der Waals surface area contributed by atoms with Crippen LogP contribution in [0.25, 0.3) is 0 Å². The standard InChI is InChI=1S/C15H15FN2O2/c16-14-3-1-2-12(9-14)13(10-17)8-11-4-6-15(7-5-11)18(19)20/h1-7,9,13H,8,10,17H2. The number of hydrogen-bond acceptors (Lipinski definition) is 3. The number of benzene rings is 2. The van der Waals surface area contributed by atoms with Crippen molar-refractivity contribution in [1.29, 1.82) is 0 Å². The van der Waals surface area contributed by atoms with E-state index < -0.39 is 4.92 Å². The summed E-state index contributed by atoms with van der Waals surface area (Å²) in [5.41, 5.74) is 7.59. The van der Waals surface area contributed by atoms with Crippen molar-refractivity contribution >= 4 is 5.69 Å². The predicted octanol–water partition coefficient (Wildman–Crippen LogP) is 3.02. The maximum atomic E-state index is 13.2. The first kappa shape index (κ1) is 14.1. The maximum Gasteiger partial charge on any atom is 0.269 e. The van der Waals surface area contributed by atoms with Crippen LogP contribution in [-0.2, 0) is 6.42 Å². The SMILES string of the molecule is NCC(Cc1ccc([N+](=O)[O-])cc1)c1cccc(F)c1. The average Bonchev–Trinajstić information content (AvgIpc) is 2.45. The van der Waals surface area contributed by atoms with Gasteiger partial charge in [0.1, 0.15) is 5.82 Å². The molecule has 2 N–H and O–H groups in total. The van der Waals surface area contributed by atoms with Gasteiger partial charge in [0.25, 0.3) is 5.69 Å². The van der Waals surface area contributed by atoms with Gasteiger partial charge >= 0.3 is 0 Å². The summed E-state index contributed by atoms with van der Waals surface area (Å²) in [6, 6.07) is 12.7. The molecule has 0 bridgehead atoms. The Morgan fingerprint density at radius 2 is 1.90 bits per heavy atom. The number of nitrogens with two attached hydrogens (primary N) is 1. The molecule has 2 aromatic rings. The lowest BCUT2D eigenvalue weighted by Crippen LogP contribution is -2.15. The number of nitro groups is 1. The fourth-order valence-corrected chi connectivity index (χ4v) is 2.14. The minimum Gasteiger partial charge on any atom is -0.330 e. The maximum absolute atomic E-state index is 13.2. The molecular formula is C15H15FN2O2. The van der Waals surface area contributed by atoms with E-state index in [-0.39, 0.29) is 17.4 Å². The second-order valence-electron chi connectivity index (χ2n) is 4.62. The Morgan fingerprint density at radius 1 is 1.20 bits per heavy atom. The third kappa shape index (κ3) is 3.39. The molecule has 2 aromatic carbocycles. The minimum atomic E-state index is -0.434. The largest absolute Gasteiger partial charge is 0.330 e. The summed E-state index contributed by atoms with van der Waals surface area (Å²) in [6.07, 6.45) is 0.623. The topological polar surface area (TPSA) is 69.2 Å². The van der Waals surface area contributed by atoms with Gasteiger partial charge in [-0.25, -0.2) is 4.39 Å². The smallest absolute Gasteiger partial charge is 0.269 e. The van der Waals surface area contributed by atoms with Crippen molar-refractivity contribution < 1.29 is 9.31 Å². The molecule has 5 heteroatoms. The first-order valence-electron chi connectivity index (χ1n) is 6.29. The van der Waals surface area contributed by atoms with Gasteiger partial charge in [-0.05, 0) is 36.2 Å². The number of hydrogen-bond donors (Lipinski definition) is 1. The third-order valence-electron chi connectivity index (χ3n) is 3.23. The van der Waals surface area contributed by atoms with E-state index in [0.717, 1.165) is 11.1 Å². The molecule has 0 aromatic heterocycles. The first-order valence-corrected chi connectivity index (χ1v) is 6.29. The molecule has 0 aliphatic rings. The predicted molar refractivity (Wildman–Crippen MR) is 75.0 cm³/mol. The third-order valence-corrected chi connectivity index (χ3v) is 3.23. The fraction of sp³-hybridized carbons (Fsp3) is 0.200. The van der Waals surface area contributed by atoms with Crippen LogP contribution in [0.4, 0.5) is 10.1 Å². The second-order valence-corrected chi connectivity index (χ2v) is 4.62. The molecule has 0 heterocycles. The van der Waals surface area contributed by atoms with Crippen molar-refractivity contribution in [3.63, 3.8) is 0 Å². The van der Waals surface area contributed by atoms with Gasteiger partial charge in [-0.15, -0.1) is 0 Å². The molecule has 0 aliphatic carbocycles. The number of nitrogens with zero attached hydrogens (tertiary/aromatic N) is 1.